The van der Waals surface area contributed by atoms with Gasteiger partial charge in [-0.1, -0.05) is 11.6 Å². The fraction of sp³-hybridized carbons (Fsp3) is 0.714. The summed E-state index contributed by atoms with van der Waals surface area (Å²) in [4.78, 5) is 4.03. The second-order valence-corrected chi connectivity index (χ2v) is 7.35. The van der Waals surface area contributed by atoms with Gasteiger partial charge < -0.3 is 5.32 Å². The summed E-state index contributed by atoms with van der Waals surface area (Å²) in [5.41, 5.74) is 0. The Labute approximate surface area is 118 Å². The van der Waals surface area contributed by atoms with Gasteiger partial charge in [-0.15, -0.1) is 11.3 Å². The molecule has 0 amide bonds. The SMILES string of the molecule is Clc1ccc(CNCCN(CC2CC2)C2CC2)s1. The maximum absolute atomic E-state index is 5.92. The molecule has 0 saturated heterocycles. The number of rotatable bonds is 8. The van der Waals surface area contributed by atoms with Crippen LogP contribution in [0.1, 0.15) is 30.6 Å². The van der Waals surface area contributed by atoms with Crippen LogP contribution in [-0.4, -0.2) is 30.6 Å². The molecule has 100 valence electrons. The molecule has 0 atom stereocenters. The molecule has 0 spiro atoms. The molecule has 1 N–H and O–H groups in total. The van der Waals surface area contributed by atoms with Gasteiger partial charge in [0.2, 0.25) is 0 Å². The predicted molar refractivity (Wildman–Crippen MR) is 78.4 cm³/mol. The van der Waals surface area contributed by atoms with Crippen molar-refractivity contribution in [3.05, 3.63) is 21.3 Å². The van der Waals surface area contributed by atoms with Crippen LogP contribution >= 0.6 is 22.9 Å². The van der Waals surface area contributed by atoms with Gasteiger partial charge >= 0.3 is 0 Å². The molecule has 2 aliphatic rings. The molecule has 2 fully saturated rings. The summed E-state index contributed by atoms with van der Waals surface area (Å²) in [6.07, 6.45) is 5.77. The normalized spacial score (nSPS) is 19.7. The Morgan fingerprint density at radius 3 is 2.72 bits per heavy atom. The number of thiophene rings is 1. The third-order valence-electron chi connectivity index (χ3n) is 3.76. The quantitative estimate of drug-likeness (QED) is 0.737. The van der Waals surface area contributed by atoms with Crippen LogP contribution in [0.4, 0.5) is 0 Å². The van der Waals surface area contributed by atoms with Crippen LogP contribution in [0.15, 0.2) is 12.1 Å². The highest BCUT2D eigenvalue weighted by Crippen LogP contribution is 2.34. The van der Waals surface area contributed by atoms with Crippen LogP contribution in [0.5, 0.6) is 0 Å². The Kier molecular flexibility index (Phi) is 4.24. The van der Waals surface area contributed by atoms with E-state index in [2.05, 4.69) is 16.3 Å². The van der Waals surface area contributed by atoms with Crippen LogP contribution in [0.2, 0.25) is 4.34 Å². The Morgan fingerprint density at radius 2 is 2.11 bits per heavy atom. The van der Waals surface area contributed by atoms with E-state index in [0.717, 1.165) is 29.4 Å². The number of hydrogen-bond acceptors (Lipinski definition) is 3. The van der Waals surface area contributed by atoms with E-state index < -0.39 is 0 Å². The molecule has 2 saturated carbocycles. The topological polar surface area (TPSA) is 15.3 Å². The molecular weight excluding hydrogens is 264 g/mol. The summed E-state index contributed by atoms with van der Waals surface area (Å²) in [6.45, 7) is 4.61. The van der Waals surface area contributed by atoms with Crippen molar-refractivity contribution < 1.29 is 0 Å². The standard InChI is InChI=1S/C14H21ClN2S/c15-14-6-5-13(18-14)9-16-7-8-17(12-3-4-12)10-11-1-2-11/h5-6,11-12,16H,1-4,7-10H2. The Balaban J connectivity index is 1.34. The Hall–Kier alpha value is -0.0900. The van der Waals surface area contributed by atoms with Gasteiger partial charge in [-0.05, 0) is 43.7 Å². The highest BCUT2D eigenvalue weighted by atomic mass is 35.5. The third kappa shape index (κ3) is 3.95. The molecule has 0 radical (unpaired) electrons. The minimum atomic E-state index is 0.889. The highest BCUT2D eigenvalue weighted by molar-refractivity contribution is 7.16. The first-order valence-corrected chi connectivity index (χ1v) is 8.19. The summed E-state index contributed by atoms with van der Waals surface area (Å²) in [7, 11) is 0. The summed E-state index contributed by atoms with van der Waals surface area (Å²) in [6, 6.07) is 5.00. The van der Waals surface area contributed by atoms with Gasteiger partial charge in [-0.25, -0.2) is 0 Å². The first-order chi connectivity index (χ1) is 8.81. The second kappa shape index (κ2) is 5.91. The largest absolute Gasteiger partial charge is 0.311 e. The second-order valence-electron chi connectivity index (χ2n) is 5.55. The minimum Gasteiger partial charge on any atom is -0.311 e. The van der Waals surface area contributed by atoms with E-state index in [9.17, 15) is 0 Å². The van der Waals surface area contributed by atoms with Crippen molar-refractivity contribution in [1.82, 2.24) is 10.2 Å². The summed E-state index contributed by atoms with van der Waals surface area (Å²) >= 11 is 7.60. The zero-order valence-corrected chi connectivity index (χ0v) is 12.3. The van der Waals surface area contributed by atoms with Gasteiger partial charge in [-0.2, -0.15) is 0 Å². The lowest BCUT2D eigenvalue weighted by atomic mass is 10.3. The molecule has 3 rings (SSSR count). The van der Waals surface area contributed by atoms with Crippen molar-refractivity contribution in [2.75, 3.05) is 19.6 Å². The van der Waals surface area contributed by atoms with Crippen molar-refractivity contribution in [3.8, 4) is 0 Å². The Morgan fingerprint density at radius 1 is 1.28 bits per heavy atom. The van der Waals surface area contributed by atoms with E-state index in [-0.39, 0.29) is 0 Å². The molecule has 0 aromatic carbocycles. The van der Waals surface area contributed by atoms with E-state index in [1.165, 1.54) is 43.6 Å². The molecular formula is C14H21ClN2S. The van der Waals surface area contributed by atoms with Crippen LogP contribution in [-0.2, 0) is 6.54 Å². The van der Waals surface area contributed by atoms with Crippen LogP contribution in [0.25, 0.3) is 0 Å². The number of nitrogens with one attached hydrogen (secondary N) is 1. The van der Waals surface area contributed by atoms with Gasteiger partial charge in [0.25, 0.3) is 0 Å². The molecule has 2 aliphatic carbocycles. The van der Waals surface area contributed by atoms with Crippen LogP contribution in [0, 0.1) is 5.92 Å². The van der Waals surface area contributed by atoms with E-state index >= 15 is 0 Å². The molecule has 1 heterocycles. The molecule has 0 unspecified atom stereocenters. The number of nitrogens with zero attached hydrogens (tertiary/aromatic N) is 1. The van der Waals surface area contributed by atoms with Crippen molar-refractivity contribution >= 4 is 22.9 Å². The predicted octanol–water partition coefficient (Wildman–Crippen LogP) is 3.37. The number of halogens is 1. The highest BCUT2D eigenvalue weighted by Gasteiger charge is 2.32. The summed E-state index contributed by atoms with van der Waals surface area (Å²) in [5.74, 6) is 1.02. The summed E-state index contributed by atoms with van der Waals surface area (Å²) in [5, 5.41) is 3.53. The maximum Gasteiger partial charge on any atom is 0.0931 e. The molecule has 1 aromatic heterocycles. The van der Waals surface area contributed by atoms with Crippen molar-refractivity contribution in [3.63, 3.8) is 0 Å². The smallest absolute Gasteiger partial charge is 0.0931 e. The van der Waals surface area contributed by atoms with E-state index in [0.29, 0.717) is 0 Å². The van der Waals surface area contributed by atoms with E-state index in [1.54, 1.807) is 11.3 Å². The fourth-order valence-electron chi connectivity index (χ4n) is 2.38. The molecule has 4 heteroatoms. The lowest BCUT2D eigenvalue weighted by molar-refractivity contribution is 0.252. The third-order valence-corrected chi connectivity index (χ3v) is 4.99. The van der Waals surface area contributed by atoms with Gasteiger partial charge in [0, 0.05) is 37.1 Å². The van der Waals surface area contributed by atoms with Gasteiger partial charge in [-0.3, -0.25) is 4.90 Å². The van der Waals surface area contributed by atoms with Crippen molar-refractivity contribution in [2.24, 2.45) is 5.92 Å². The molecule has 0 bridgehead atoms. The van der Waals surface area contributed by atoms with Gasteiger partial charge in [0.1, 0.15) is 0 Å². The van der Waals surface area contributed by atoms with Crippen LogP contribution < -0.4 is 5.32 Å². The molecule has 0 aliphatic heterocycles. The maximum atomic E-state index is 5.92. The molecule has 18 heavy (non-hydrogen) atoms. The van der Waals surface area contributed by atoms with Gasteiger partial charge in [0.15, 0.2) is 0 Å². The first-order valence-electron chi connectivity index (χ1n) is 7.00. The lowest BCUT2D eigenvalue weighted by Crippen LogP contribution is -2.35. The number of hydrogen-bond donors (Lipinski definition) is 1. The molecule has 2 nitrogen and oxygen atoms in total. The van der Waals surface area contributed by atoms with Crippen molar-refractivity contribution in [2.45, 2.75) is 38.3 Å². The average molecular weight is 285 g/mol. The van der Waals surface area contributed by atoms with Gasteiger partial charge in [0.05, 0.1) is 4.34 Å². The van der Waals surface area contributed by atoms with Crippen molar-refractivity contribution in [1.29, 1.82) is 0 Å². The fourth-order valence-corrected chi connectivity index (χ4v) is 3.43. The van der Waals surface area contributed by atoms with E-state index in [1.807, 2.05) is 6.07 Å². The average Bonchev–Trinajstić information content (AvgIpc) is 3.23. The zero-order chi connectivity index (χ0) is 12.4. The monoisotopic (exact) mass is 284 g/mol. The first kappa shape index (κ1) is 12.9. The summed E-state index contributed by atoms with van der Waals surface area (Å²) < 4.78 is 0.889. The minimum absolute atomic E-state index is 0.889. The zero-order valence-electron chi connectivity index (χ0n) is 10.7. The van der Waals surface area contributed by atoms with Crippen LogP contribution in [0.3, 0.4) is 0 Å². The van der Waals surface area contributed by atoms with E-state index in [4.69, 9.17) is 11.6 Å². The lowest BCUT2D eigenvalue weighted by Gasteiger charge is -2.21. The Bertz CT molecular complexity index is 385. The molecule has 1 aromatic rings.